The summed E-state index contributed by atoms with van der Waals surface area (Å²) in [5.74, 6) is -0.240. The van der Waals surface area contributed by atoms with Crippen LogP contribution in [-0.4, -0.2) is 31.2 Å². The largest absolute Gasteiger partial charge is 0.378 e. The molecule has 1 atom stereocenters. The van der Waals surface area contributed by atoms with Crippen molar-refractivity contribution in [1.82, 2.24) is 0 Å². The number of aliphatic hydroxyl groups excluding tert-OH is 1. The van der Waals surface area contributed by atoms with Crippen LogP contribution in [0.1, 0.15) is 37.4 Å². The zero-order chi connectivity index (χ0) is 13.6. The van der Waals surface area contributed by atoms with Gasteiger partial charge in [0.15, 0.2) is 6.10 Å². The number of benzene rings is 1. The minimum atomic E-state index is -0.995. The summed E-state index contributed by atoms with van der Waals surface area (Å²) in [5.41, 5.74) is 2.68. The first-order valence-electron chi connectivity index (χ1n) is 6.92. The minimum absolute atomic E-state index is 0.240. The highest BCUT2D eigenvalue weighted by Crippen LogP contribution is 2.38. The molecule has 1 amide bonds. The molecule has 102 valence electrons. The van der Waals surface area contributed by atoms with E-state index < -0.39 is 6.10 Å². The van der Waals surface area contributed by atoms with Gasteiger partial charge in [0, 0.05) is 31.4 Å². The summed E-state index contributed by atoms with van der Waals surface area (Å²) in [6.07, 6.45) is 4.09. The quantitative estimate of drug-likeness (QED) is 0.885. The molecule has 19 heavy (non-hydrogen) atoms. The average molecular weight is 260 g/mol. The number of nitrogens with zero attached hydrogens (tertiary/aromatic N) is 2. The molecular formula is C15H20N2O2. The smallest absolute Gasteiger partial charge is 0.260 e. The molecule has 0 spiro atoms. The van der Waals surface area contributed by atoms with Crippen molar-refractivity contribution >= 4 is 17.3 Å². The number of carbonyl (C=O) groups excluding carboxylic acids is 1. The van der Waals surface area contributed by atoms with Crippen molar-refractivity contribution in [1.29, 1.82) is 0 Å². The number of fused-ring (bicyclic) bond motifs is 1. The predicted octanol–water partition coefficient (Wildman–Crippen LogP) is 2.08. The number of anilines is 2. The van der Waals surface area contributed by atoms with Crippen LogP contribution in [0.3, 0.4) is 0 Å². The van der Waals surface area contributed by atoms with Crippen molar-refractivity contribution in [2.75, 3.05) is 23.9 Å². The monoisotopic (exact) mass is 260 g/mol. The summed E-state index contributed by atoms with van der Waals surface area (Å²) in [6, 6.07) is 6.50. The Balaban J connectivity index is 1.92. The fourth-order valence-corrected chi connectivity index (χ4v) is 3.21. The molecule has 0 aromatic heterocycles. The zero-order valence-electron chi connectivity index (χ0n) is 11.5. The van der Waals surface area contributed by atoms with E-state index in [1.807, 2.05) is 18.2 Å². The van der Waals surface area contributed by atoms with E-state index in [0.717, 1.165) is 16.9 Å². The van der Waals surface area contributed by atoms with Gasteiger partial charge in [0.1, 0.15) is 0 Å². The van der Waals surface area contributed by atoms with Crippen LogP contribution in [-0.2, 0) is 4.79 Å². The average Bonchev–Trinajstić information content (AvgIpc) is 3.03. The van der Waals surface area contributed by atoms with Crippen molar-refractivity contribution in [2.45, 2.75) is 37.8 Å². The van der Waals surface area contributed by atoms with Crippen molar-refractivity contribution in [3.05, 3.63) is 23.8 Å². The number of carbonyl (C=O) groups is 1. The number of hydrogen-bond acceptors (Lipinski definition) is 3. The number of amides is 1. The zero-order valence-corrected chi connectivity index (χ0v) is 11.5. The van der Waals surface area contributed by atoms with E-state index in [1.54, 1.807) is 11.9 Å². The van der Waals surface area contributed by atoms with Gasteiger partial charge in [-0.3, -0.25) is 4.79 Å². The molecule has 1 aliphatic carbocycles. The molecule has 3 rings (SSSR count). The molecule has 1 aromatic carbocycles. The topological polar surface area (TPSA) is 43.8 Å². The van der Waals surface area contributed by atoms with Crippen LogP contribution >= 0.6 is 0 Å². The SMILES string of the molecule is CN1C(=O)C(O)c2ccc(N(C)C3CCCC3)cc21. The van der Waals surface area contributed by atoms with Crippen LogP contribution in [0.4, 0.5) is 11.4 Å². The Morgan fingerprint density at radius 1 is 1.32 bits per heavy atom. The van der Waals surface area contributed by atoms with Gasteiger partial charge in [0.25, 0.3) is 5.91 Å². The van der Waals surface area contributed by atoms with Crippen molar-refractivity contribution in [3.8, 4) is 0 Å². The van der Waals surface area contributed by atoms with E-state index in [9.17, 15) is 9.90 Å². The normalized spacial score (nSPS) is 23.0. The molecule has 1 N–H and O–H groups in total. The van der Waals surface area contributed by atoms with Crippen molar-refractivity contribution in [2.24, 2.45) is 0 Å². The fraction of sp³-hybridized carbons (Fsp3) is 0.533. The summed E-state index contributed by atoms with van der Waals surface area (Å²) in [7, 11) is 3.83. The Labute approximate surface area is 113 Å². The summed E-state index contributed by atoms with van der Waals surface area (Å²) < 4.78 is 0. The van der Waals surface area contributed by atoms with Gasteiger partial charge < -0.3 is 14.9 Å². The number of likely N-dealkylation sites (N-methyl/N-ethyl adjacent to an activating group) is 1. The lowest BCUT2D eigenvalue weighted by Gasteiger charge is -2.27. The highest BCUT2D eigenvalue weighted by atomic mass is 16.3. The van der Waals surface area contributed by atoms with Crippen LogP contribution in [0.5, 0.6) is 0 Å². The summed E-state index contributed by atoms with van der Waals surface area (Å²) >= 11 is 0. The third kappa shape index (κ3) is 1.91. The Hall–Kier alpha value is -1.55. The molecule has 0 bridgehead atoms. The molecule has 4 heteroatoms. The second kappa shape index (κ2) is 4.53. The van der Waals surface area contributed by atoms with Crippen LogP contribution in [0.2, 0.25) is 0 Å². The maximum absolute atomic E-state index is 11.8. The van der Waals surface area contributed by atoms with Crippen LogP contribution in [0, 0.1) is 0 Å². The number of rotatable bonds is 2. The third-order valence-electron chi connectivity index (χ3n) is 4.51. The van der Waals surface area contributed by atoms with Gasteiger partial charge in [-0.15, -0.1) is 0 Å². The van der Waals surface area contributed by atoms with Crippen LogP contribution in [0.25, 0.3) is 0 Å². The molecule has 1 aliphatic heterocycles. The first kappa shape index (κ1) is 12.5. The van der Waals surface area contributed by atoms with Gasteiger partial charge in [-0.2, -0.15) is 0 Å². The van der Waals surface area contributed by atoms with Crippen LogP contribution < -0.4 is 9.80 Å². The second-order valence-corrected chi connectivity index (χ2v) is 5.59. The summed E-state index contributed by atoms with van der Waals surface area (Å²) in [6.45, 7) is 0. The van der Waals surface area contributed by atoms with E-state index in [2.05, 4.69) is 11.9 Å². The standard InChI is InChI=1S/C15H20N2O2/c1-16(10-5-3-4-6-10)11-7-8-12-13(9-11)17(2)15(19)14(12)18/h7-10,14,18H,3-6H2,1-2H3. The third-order valence-corrected chi connectivity index (χ3v) is 4.51. The first-order valence-corrected chi connectivity index (χ1v) is 6.92. The molecule has 1 unspecified atom stereocenters. The predicted molar refractivity (Wildman–Crippen MR) is 75.5 cm³/mol. The molecule has 1 heterocycles. The maximum Gasteiger partial charge on any atom is 0.260 e. The van der Waals surface area contributed by atoms with Crippen molar-refractivity contribution < 1.29 is 9.90 Å². The Morgan fingerprint density at radius 3 is 2.68 bits per heavy atom. The van der Waals surface area contributed by atoms with E-state index in [1.165, 1.54) is 25.7 Å². The van der Waals surface area contributed by atoms with Gasteiger partial charge >= 0.3 is 0 Å². The molecule has 1 saturated carbocycles. The molecule has 0 radical (unpaired) electrons. The summed E-state index contributed by atoms with van der Waals surface area (Å²) in [5, 5.41) is 9.86. The molecule has 1 aromatic rings. The van der Waals surface area contributed by atoms with E-state index in [4.69, 9.17) is 0 Å². The lowest BCUT2D eigenvalue weighted by molar-refractivity contribution is -0.125. The first-order chi connectivity index (χ1) is 9.09. The second-order valence-electron chi connectivity index (χ2n) is 5.59. The fourth-order valence-electron chi connectivity index (χ4n) is 3.21. The van der Waals surface area contributed by atoms with E-state index in [-0.39, 0.29) is 5.91 Å². The Morgan fingerprint density at radius 2 is 2.00 bits per heavy atom. The van der Waals surface area contributed by atoms with E-state index in [0.29, 0.717) is 6.04 Å². The lowest BCUT2D eigenvalue weighted by Crippen LogP contribution is -2.29. The highest BCUT2D eigenvalue weighted by Gasteiger charge is 2.34. The summed E-state index contributed by atoms with van der Waals surface area (Å²) in [4.78, 5) is 15.6. The highest BCUT2D eigenvalue weighted by molar-refractivity contribution is 6.03. The number of hydrogen-bond donors (Lipinski definition) is 1. The molecule has 0 saturated heterocycles. The van der Waals surface area contributed by atoms with Gasteiger partial charge in [-0.05, 0) is 25.0 Å². The van der Waals surface area contributed by atoms with Gasteiger partial charge in [0.05, 0.1) is 5.69 Å². The Kier molecular flexibility index (Phi) is 2.97. The molecule has 2 aliphatic rings. The Bertz CT molecular complexity index is 509. The lowest BCUT2D eigenvalue weighted by atomic mass is 10.1. The number of aliphatic hydroxyl groups is 1. The van der Waals surface area contributed by atoms with Crippen molar-refractivity contribution in [3.63, 3.8) is 0 Å². The van der Waals surface area contributed by atoms with Gasteiger partial charge in [0.2, 0.25) is 0 Å². The van der Waals surface area contributed by atoms with E-state index >= 15 is 0 Å². The van der Waals surface area contributed by atoms with Gasteiger partial charge in [-0.25, -0.2) is 0 Å². The van der Waals surface area contributed by atoms with Gasteiger partial charge in [-0.1, -0.05) is 18.9 Å². The minimum Gasteiger partial charge on any atom is -0.378 e. The molecule has 4 nitrogen and oxygen atoms in total. The maximum atomic E-state index is 11.8. The molecule has 1 fully saturated rings. The van der Waals surface area contributed by atoms with Crippen LogP contribution in [0.15, 0.2) is 18.2 Å². The molecular weight excluding hydrogens is 240 g/mol.